The molecule has 1 heterocycles. The van der Waals surface area contributed by atoms with E-state index in [1.807, 2.05) is 25.1 Å². The summed E-state index contributed by atoms with van der Waals surface area (Å²) in [6.07, 6.45) is 0. The van der Waals surface area contributed by atoms with Gasteiger partial charge in [0.15, 0.2) is 0 Å². The van der Waals surface area contributed by atoms with Gasteiger partial charge in [0.05, 0.1) is 18.9 Å². The van der Waals surface area contributed by atoms with E-state index in [1.54, 1.807) is 18.4 Å². The zero-order chi connectivity index (χ0) is 15.1. The molecule has 0 amide bonds. The van der Waals surface area contributed by atoms with Gasteiger partial charge < -0.3 is 14.8 Å². The summed E-state index contributed by atoms with van der Waals surface area (Å²) in [5.74, 6) is 0.881. The van der Waals surface area contributed by atoms with Crippen LogP contribution in [0.15, 0.2) is 24.3 Å². The van der Waals surface area contributed by atoms with E-state index in [0.29, 0.717) is 13.2 Å². The van der Waals surface area contributed by atoms with Crippen LogP contribution in [0.25, 0.3) is 10.6 Å². The molecule has 0 aliphatic carbocycles. The molecule has 0 radical (unpaired) electrons. The highest BCUT2D eigenvalue weighted by atomic mass is 32.1. The van der Waals surface area contributed by atoms with Crippen LogP contribution in [0.1, 0.15) is 24.4 Å². The average Bonchev–Trinajstić information content (AvgIpc) is 2.89. The van der Waals surface area contributed by atoms with E-state index in [2.05, 4.69) is 18.3 Å². The molecule has 1 aromatic carbocycles. The molecule has 0 fully saturated rings. The van der Waals surface area contributed by atoms with Gasteiger partial charge in [0.1, 0.15) is 10.8 Å². The van der Waals surface area contributed by atoms with Crippen molar-refractivity contribution in [1.29, 1.82) is 0 Å². The van der Waals surface area contributed by atoms with Crippen LogP contribution in [0.4, 0.5) is 0 Å². The Hall–Kier alpha value is -1.43. The van der Waals surface area contributed by atoms with Gasteiger partial charge in [-0.25, -0.2) is 4.98 Å². The number of hydrogen-bond donors (Lipinski definition) is 1. The van der Waals surface area contributed by atoms with Crippen LogP contribution in [-0.4, -0.2) is 25.2 Å². The number of nitrogens with one attached hydrogen (secondary N) is 1. The van der Waals surface area contributed by atoms with Crippen LogP contribution in [0.5, 0.6) is 5.75 Å². The Morgan fingerprint density at radius 3 is 2.86 bits per heavy atom. The number of hydrogen-bond acceptors (Lipinski definition) is 5. The summed E-state index contributed by atoms with van der Waals surface area (Å²) in [5.41, 5.74) is 2.10. The maximum Gasteiger partial charge on any atom is 0.124 e. The quantitative estimate of drug-likeness (QED) is 0.811. The van der Waals surface area contributed by atoms with Crippen LogP contribution in [0.2, 0.25) is 0 Å². The molecule has 0 saturated heterocycles. The van der Waals surface area contributed by atoms with E-state index in [4.69, 9.17) is 14.5 Å². The lowest BCUT2D eigenvalue weighted by Crippen LogP contribution is -2.12. The number of benzene rings is 1. The fraction of sp³-hybridized carbons (Fsp3) is 0.438. The number of ether oxygens (including phenoxy) is 2. The third-order valence-electron chi connectivity index (χ3n) is 2.99. The highest BCUT2D eigenvalue weighted by molar-refractivity contribution is 7.15. The average molecular weight is 306 g/mol. The largest absolute Gasteiger partial charge is 0.494 e. The van der Waals surface area contributed by atoms with E-state index >= 15 is 0 Å². The molecule has 2 aromatic rings. The number of aromatic nitrogens is 1. The Morgan fingerprint density at radius 2 is 2.14 bits per heavy atom. The third-order valence-corrected chi connectivity index (χ3v) is 4.13. The fourth-order valence-corrected chi connectivity index (χ4v) is 3.05. The van der Waals surface area contributed by atoms with Crippen molar-refractivity contribution in [3.8, 4) is 16.3 Å². The Bertz CT molecular complexity index is 569. The van der Waals surface area contributed by atoms with Gasteiger partial charge in [0, 0.05) is 24.1 Å². The SMILES string of the molecule is CCNCc1sc(-c2cccc(OCC)c2)nc1COC. The van der Waals surface area contributed by atoms with Gasteiger partial charge in [0.25, 0.3) is 0 Å². The first kappa shape index (κ1) is 15.9. The Labute approximate surface area is 130 Å². The fourth-order valence-electron chi connectivity index (χ4n) is 2.02. The molecule has 0 saturated carbocycles. The summed E-state index contributed by atoms with van der Waals surface area (Å²) in [7, 11) is 1.70. The monoisotopic (exact) mass is 306 g/mol. The van der Waals surface area contributed by atoms with Crippen molar-refractivity contribution in [2.45, 2.75) is 27.0 Å². The lowest BCUT2D eigenvalue weighted by atomic mass is 10.2. The Kier molecular flexibility index (Phi) is 6.17. The predicted molar refractivity (Wildman–Crippen MR) is 86.8 cm³/mol. The highest BCUT2D eigenvalue weighted by Crippen LogP contribution is 2.30. The molecular formula is C16H22N2O2S. The van der Waals surface area contributed by atoms with Crippen LogP contribution >= 0.6 is 11.3 Å². The molecule has 0 aliphatic heterocycles. The molecule has 1 N–H and O–H groups in total. The van der Waals surface area contributed by atoms with Crippen LogP contribution in [0.3, 0.4) is 0 Å². The molecule has 0 unspecified atom stereocenters. The molecule has 0 aliphatic rings. The summed E-state index contributed by atoms with van der Waals surface area (Å²) in [4.78, 5) is 5.95. The van der Waals surface area contributed by atoms with Gasteiger partial charge in [0.2, 0.25) is 0 Å². The summed E-state index contributed by atoms with van der Waals surface area (Å²) in [6.45, 7) is 7.08. The first-order valence-corrected chi connectivity index (χ1v) is 8.01. The van der Waals surface area contributed by atoms with Gasteiger partial charge in [-0.3, -0.25) is 0 Å². The minimum absolute atomic E-state index is 0.544. The van der Waals surface area contributed by atoms with Gasteiger partial charge in [-0.2, -0.15) is 0 Å². The zero-order valence-corrected chi connectivity index (χ0v) is 13.6. The van der Waals surface area contributed by atoms with E-state index in [-0.39, 0.29) is 0 Å². The standard InChI is InChI=1S/C16H22N2O2S/c1-4-17-10-15-14(11-19-3)18-16(21-15)12-7-6-8-13(9-12)20-5-2/h6-9,17H,4-5,10-11H2,1-3H3. The maximum atomic E-state index is 5.56. The number of methoxy groups -OCH3 is 1. The lowest BCUT2D eigenvalue weighted by molar-refractivity contribution is 0.181. The maximum absolute atomic E-state index is 5.56. The van der Waals surface area contributed by atoms with E-state index in [1.165, 1.54) is 4.88 Å². The molecule has 2 rings (SSSR count). The topological polar surface area (TPSA) is 43.4 Å². The van der Waals surface area contributed by atoms with Crippen molar-refractivity contribution in [3.63, 3.8) is 0 Å². The van der Waals surface area contributed by atoms with E-state index in [0.717, 1.165) is 35.1 Å². The number of thiazole rings is 1. The summed E-state index contributed by atoms with van der Waals surface area (Å²) >= 11 is 1.71. The van der Waals surface area contributed by atoms with Crippen molar-refractivity contribution in [3.05, 3.63) is 34.8 Å². The summed E-state index contributed by atoms with van der Waals surface area (Å²) in [6, 6.07) is 8.07. The summed E-state index contributed by atoms with van der Waals surface area (Å²) in [5, 5.41) is 4.36. The van der Waals surface area contributed by atoms with Gasteiger partial charge in [-0.05, 0) is 25.6 Å². The second-order valence-corrected chi connectivity index (χ2v) is 5.65. The lowest BCUT2D eigenvalue weighted by Gasteiger charge is -2.03. The normalized spacial score (nSPS) is 10.8. The predicted octanol–water partition coefficient (Wildman–Crippen LogP) is 3.46. The first-order valence-electron chi connectivity index (χ1n) is 7.19. The van der Waals surface area contributed by atoms with Crippen LogP contribution in [0, 0.1) is 0 Å². The molecule has 114 valence electrons. The van der Waals surface area contributed by atoms with Crippen molar-refractivity contribution in [1.82, 2.24) is 10.3 Å². The minimum Gasteiger partial charge on any atom is -0.494 e. The van der Waals surface area contributed by atoms with Crippen molar-refractivity contribution in [2.24, 2.45) is 0 Å². The third kappa shape index (κ3) is 4.27. The number of rotatable bonds is 8. The molecule has 0 atom stereocenters. The Morgan fingerprint density at radius 1 is 1.29 bits per heavy atom. The van der Waals surface area contributed by atoms with Gasteiger partial charge >= 0.3 is 0 Å². The molecule has 1 aromatic heterocycles. The molecular weight excluding hydrogens is 284 g/mol. The van der Waals surface area contributed by atoms with Gasteiger partial charge in [-0.1, -0.05) is 19.1 Å². The van der Waals surface area contributed by atoms with E-state index < -0.39 is 0 Å². The Balaban J connectivity index is 2.28. The van der Waals surface area contributed by atoms with Crippen molar-refractivity contribution in [2.75, 3.05) is 20.3 Å². The summed E-state index contributed by atoms with van der Waals surface area (Å²) < 4.78 is 10.8. The van der Waals surface area contributed by atoms with Crippen LogP contribution < -0.4 is 10.1 Å². The van der Waals surface area contributed by atoms with Crippen LogP contribution in [-0.2, 0) is 17.9 Å². The minimum atomic E-state index is 0.544. The van der Waals surface area contributed by atoms with Crippen molar-refractivity contribution < 1.29 is 9.47 Å². The molecule has 0 bridgehead atoms. The second-order valence-electron chi connectivity index (χ2n) is 4.56. The highest BCUT2D eigenvalue weighted by Gasteiger charge is 2.12. The van der Waals surface area contributed by atoms with Gasteiger partial charge in [-0.15, -0.1) is 11.3 Å². The molecule has 0 spiro atoms. The molecule has 4 nitrogen and oxygen atoms in total. The smallest absolute Gasteiger partial charge is 0.124 e. The zero-order valence-electron chi connectivity index (χ0n) is 12.8. The second kappa shape index (κ2) is 8.12. The molecule has 21 heavy (non-hydrogen) atoms. The first-order chi connectivity index (χ1) is 10.3. The molecule has 5 heteroatoms. The number of nitrogens with zero attached hydrogens (tertiary/aromatic N) is 1. The van der Waals surface area contributed by atoms with Crippen molar-refractivity contribution >= 4 is 11.3 Å². The van der Waals surface area contributed by atoms with E-state index in [9.17, 15) is 0 Å².